The summed E-state index contributed by atoms with van der Waals surface area (Å²) in [5.74, 6) is -0.773. The van der Waals surface area contributed by atoms with Crippen LogP contribution in [0.25, 0.3) is 16.7 Å². The van der Waals surface area contributed by atoms with Crippen molar-refractivity contribution in [3.63, 3.8) is 0 Å². The second-order valence-corrected chi connectivity index (χ2v) is 6.21. The first-order valence-corrected chi connectivity index (χ1v) is 8.04. The van der Waals surface area contributed by atoms with Crippen molar-refractivity contribution in [3.8, 4) is 5.69 Å². The number of carbonyl (C=O) groups is 1. The highest BCUT2D eigenvalue weighted by Crippen LogP contribution is 2.18. The van der Waals surface area contributed by atoms with Crippen molar-refractivity contribution >= 4 is 17.0 Å². The van der Waals surface area contributed by atoms with Gasteiger partial charge in [-0.05, 0) is 35.7 Å². The summed E-state index contributed by atoms with van der Waals surface area (Å²) >= 11 is 0. The van der Waals surface area contributed by atoms with Crippen molar-refractivity contribution in [1.82, 2.24) is 14.9 Å². The van der Waals surface area contributed by atoms with Crippen LogP contribution in [0.5, 0.6) is 0 Å². The maximum Gasteiger partial charge on any atom is 0.320 e. The van der Waals surface area contributed by atoms with E-state index in [9.17, 15) is 9.90 Å². The lowest BCUT2D eigenvalue weighted by atomic mass is 10.0. The molecule has 0 aliphatic rings. The van der Waals surface area contributed by atoms with E-state index < -0.39 is 12.0 Å². The Labute approximate surface area is 141 Å². The molecule has 1 atom stereocenters. The van der Waals surface area contributed by atoms with E-state index in [1.807, 2.05) is 73.3 Å². The van der Waals surface area contributed by atoms with Crippen LogP contribution in [-0.2, 0) is 11.3 Å². The lowest BCUT2D eigenvalue weighted by Gasteiger charge is -2.18. The molecule has 0 saturated heterocycles. The molecule has 0 aliphatic heterocycles. The monoisotopic (exact) mass is 323 g/mol. The third-order valence-electron chi connectivity index (χ3n) is 4.13. The highest BCUT2D eigenvalue weighted by Gasteiger charge is 2.20. The van der Waals surface area contributed by atoms with Gasteiger partial charge in [0.25, 0.3) is 0 Å². The fraction of sp³-hybridized carbons (Fsp3) is 0.263. The van der Waals surface area contributed by atoms with Crippen molar-refractivity contribution < 1.29 is 9.90 Å². The Morgan fingerprint density at radius 3 is 2.54 bits per heavy atom. The minimum atomic E-state index is -0.813. The van der Waals surface area contributed by atoms with Crippen LogP contribution in [0, 0.1) is 5.92 Å². The molecule has 0 spiro atoms. The fourth-order valence-corrected chi connectivity index (χ4v) is 2.78. The number of hydrogen-bond acceptors (Lipinski definition) is 3. The van der Waals surface area contributed by atoms with E-state index >= 15 is 0 Å². The molecule has 0 amide bonds. The molecule has 5 heteroatoms. The molecule has 24 heavy (non-hydrogen) atoms. The Kier molecular flexibility index (Phi) is 4.62. The van der Waals surface area contributed by atoms with E-state index in [0.29, 0.717) is 6.54 Å². The van der Waals surface area contributed by atoms with Crippen LogP contribution in [0.15, 0.2) is 54.9 Å². The summed E-state index contributed by atoms with van der Waals surface area (Å²) in [5.41, 5.74) is 4.11. The molecule has 0 bridgehead atoms. The molecule has 124 valence electrons. The standard InChI is InChI=1S/C19H21N3O2/c1-13(2)18(19(23)24)20-11-14-7-9-15(10-8-14)22-12-21-16-5-3-4-6-17(16)22/h3-10,12-13,18,20H,11H2,1-2H3,(H,23,24)/t18-/m1/s1. The second-order valence-electron chi connectivity index (χ2n) is 6.21. The Balaban J connectivity index is 1.75. The first-order chi connectivity index (χ1) is 11.6. The predicted octanol–water partition coefficient (Wildman–Crippen LogP) is 3.22. The van der Waals surface area contributed by atoms with E-state index in [0.717, 1.165) is 22.3 Å². The van der Waals surface area contributed by atoms with Crippen LogP contribution in [0.3, 0.4) is 0 Å². The highest BCUT2D eigenvalue weighted by atomic mass is 16.4. The quantitative estimate of drug-likeness (QED) is 0.731. The molecule has 0 aliphatic carbocycles. The van der Waals surface area contributed by atoms with Gasteiger partial charge in [0.2, 0.25) is 0 Å². The van der Waals surface area contributed by atoms with Crippen LogP contribution in [0.1, 0.15) is 19.4 Å². The van der Waals surface area contributed by atoms with Crippen LogP contribution in [0.4, 0.5) is 0 Å². The zero-order valence-corrected chi connectivity index (χ0v) is 13.8. The normalized spacial score (nSPS) is 12.6. The van der Waals surface area contributed by atoms with Crippen molar-refractivity contribution in [1.29, 1.82) is 0 Å². The number of imidazole rings is 1. The number of hydrogen-bond donors (Lipinski definition) is 2. The van der Waals surface area contributed by atoms with Crippen molar-refractivity contribution in [2.75, 3.05) is 0 Å². The van der Waals surface area contributed by atoms with Crippen LogP contribution in [0.2, 0.25) is 0 Å². The van der Waals surface area contributed by atoms with E-state index in [1.165, 1.54) is 0 Å². The van der Waals surface area contributed by atoms with Gasteiger partial charge < -0.3 is 10.4 Å². The number of carboxylic acids is 1. The van der Waals surface area contributed by atoms with Crippen molar-refractivity contribution in [3.05, 3.63) is 60.4 Å². The first-order valence-electron chi connectivity index (χ1n) is 8.04. The average molecular weight is 323 g/mol. The number of fused-ring (bicyclic) bond motifs is 1. The maximum absolute atomic E-state index is 11.2. The van der Waals surface area contributed by atoms with Crippen molar-refractivity contribution in [2.45, 2.75) is 26.4 Å². The van der Waals surface area contributed by atoms with Gasteiger partial charge in [-0.25, -0.2) is 4.98 Å². The van der Waals surface area contributed by atoms with Gasteiger partial charge in [-0.15, -0.1) is 0 Å². The number of rotatable bonds is 6. The molecule has 0 radical (unpaired) electrons. The van der Waals surface area contributed by atoms with Crippen LogP contribution >= 0.6 is 0 Å². The Morgan fingerprint density at radius 2 is 1.88 bits per heavy atom. The predicted molar refractivity (Wildman–Crippen MR) is 94.2 cm³/mol. The molecule has 2 aromatic carbocycles. The highest BCUT2D eigenvalue weighted by molar-refractivity contribution is 5.77. The summed E-state index contributed by atoms with van der Waals surface area (Å²) < 4.78 is 2.04. The lowest BCUT2D eigenvalue weighted by Crippen LogP contribution is -2.40. The molecule has 3 rings (SSSR count). The van der Waals surface area contributed by atoms with E-state index in [4.69, 9.17) is 0 Å². The molecule has 1 aromatic heterocycles. The summed E-state index contributed by atoms with van der Waals surface area (Å²) in [6.45, 7) is 4.33. The zero-order valence-electron chi connectivity index (χ0n) is 13.8. The first kappa shape index (κ1) is 16.2. The van der Waals surface area contributed by atoms with Crippen LogP contribution < -0.4 is 5.32 Å². The maximum atomic E-state index is 11.2. The van der Waals surface area contributed by atoms with Gasteiger partial charge in [-0.3, -0.25) is 9.36 Å². The number of para-hydroxylation sites is 2. The summed E-state index contributed by atoms with van der Waals surface area (Å²) in [6, 6.07) is 15.5. The summed E-state index contributed by atoms with van der Waals surface area (Å²) in [6.07, 6.45) is 1.82. The Hall–Kier alpha value is -2.66. The minimum Gasteiger partial charge on any atom is -0.480 e. The molecule has 2 N–H and O–H groups in total. The molecule has 0 unspecified atom stereocenters. The van der Waals surface area contributed by atoms with Gasteiger partial charge in [0, 0.05) is 12.2 Å². The van der Waals surface area contributed by atoms with Crippen molar-refractivity contribution in [2.24, 2.45) is 5.92 Å². The number of aromatic nitrogens is 2. The van der Waals surface area contributed by atoms with E-state index in [-0.39, 0.29) is 5.92 Å². The number of aliphatic carboxylic acids is 1. The number of nitrogens with zero attached hydrogens (tertiary/aromatic N) is 2. The largest absolute Gasteiger partial charge is 0.480 e. The van der Waals surface area contributed by atoms with Gasteiger partial charge in [0.1, 0.15) is 12.4 Å². The van der Waals surface area contributed by atoms with E-state index in [1.54, 1.807) is 0 Å². The molecular weight excluding hydrogens is 302 g/mol. The molecule has 0 saturated carbocycles. The summed E-state index contributed by atoms with van der Waals surface area (Å²) in [4.78, 5) is 15.6. The zero-order chi connectivity index (χ0) is 17.1. The molecule has 1 heterocycles. The fourth-order valence-electron chi connectivity index (χ4n) is 2.78. The van der Waals surface area contributed by atoms with Gasteiger partial charge in [0.15, 0.2) is 0 Å². The van der Waals surface area contributed by atoms with Crippen LogP contribution in [-0.4, -0.2) is 26.7 Å². The summed E-state index contributed by atoms with van der Waals surface area (Å²) in [7, 11) is 0. The molecule has 0 fully saturated rings. The summed E-state index contributed by atoms with van der Waals surface area (Å²) in [5, 5.41) is 12.3. The average Bonchev–Trinajstić information content (AvgIpc) is 2.99. The second kappa shape index (κ2) is 6.84. The third kappa shape index (κ3) is 3.31. The SMILES string of the molecule is CC(C)[C@@H](NCc1ccc(-n2cnc3ccccc32)cc1)C(=O)O. The van der Waals surface area contributed by atoms with E-state index in [2.05, 4.69) is 10.3 Å². The number of nitrogens with one attached hydrogen (secondary N) is 1. The topological polar surface area (TPSA) is 67.2 Å². The minimum absolute atomic E-state index is 0.0408. The van der Waals surface area contributed by atoms with Gasteiger partial charge >= 0.3 is 5.97 Å². The Bertz CT molecular complexity index is 837. The molecule has 3 aromatic rings. The van der Waals surface area contributed by atoms with Gasteiger partial charge in [0.05, 0.1) is 11.0 Å². The molecular formula is C19H21N3O2. The van der Waals surface area contributed by atoms with Gasteiger partial charge in [-0.1, -0.05) is 38.1 Å². The Morgan fingerprint density at radius 1 is 1.17 bits per heavy atom. The number of carboxylic acid groups (broad SMARTS) is 1. The van der Waals surface area contributed by atoms with Gasteiger partial charge in [-0.2, -0.15) is 0 Å². The number of benzene rings is 2. The lowest BCUT2D eigenvalue weighted by molar-refractivity contribution is -0.140. The smallest absolute Gasteiger partial charge is 0.320 e. The third-order valence-corrected chi connectivity index (χ3v) is 4.13. The molecule has 5 nitrogen and oxygen atoms in total.